The molecule has 1 aromatic carbocycles. The molecule has 1 aromatic rings. The van der Waals surface area contributed by atoms with Gasteiger partial charge in [0.2, 0.25) is 0 Å². The molecule has 0 heterocycles. The first kappa shape index (κ1) is 20.2. The molecule has 0 unspecified atom stereocenters. The summed E-state index contributed by atoms with van der Waals surface area (Å²) in [7, 11) is 0. The fraction of sp³-hybridized carbons (Fsp3) is 0.458. The van der Waals surface area contributed by atoms with Gasteiger partial charge in [0.15, 0.2) is 0 Å². The lowest BCUT2D eigenvalue weighted by Crippen LogP contribution is -2.34. The maximum atomic E-state index is 10.7. The van der Waals surface area contributed by atoms with Crippen molar-refractivity contribution in [2.24, 2.45) is 0 Å². The van der Waals surface area contributed by atoms with Gasteiger partial charge in [0.05, 0.1) is 0 Å². The Morgan fingerprint density at radius 2 is 1.58 bits per heavy atom. The summed E-state index contributed by atoms with van der Waals surface area (Å²) >= 11 is 0. The monoisotopic (exact) mass is 352 g/mol. The normalized spacial score (nSPS) is 19.5. The summed E-state index contributed by atoms with van der Waals surface area (Å²) in [6, 6.07) is 4.76. The van der Waals surface area contributed by atoms with Crippen LogP contribution >= 0.6 is 0 Å². The molecule has 0 atom stereocenters. The highest BCUT2D eigenvalue weighted by molar-refractivity contribution is 5.81. The Morgan fingerprint density at radius 1 is 1.04 bits per heavy atom. The standard InChI is InChI=1S/C24H32O2/c1-16(13-22(25)26)9-8-10-17(2)19-15-21-20(14-18(19)3)23(4,5)11-12-24(21,6)7/h8-10,13-15H,11-12H2,1-7H3,(H,25,26)/b9-8?,16-13-,17-10?. The van der Waals surface area contributed by atoms with E-state index in [1.807, 2.05) is 12.2 Å². The van der Waals surface area contributed by atoms with Gasteiger partial charge >= 0.3 is 5.97 Å². The van der Waals surface area contributed by atoms with Gasteiger partial charge in [-0.3, -0.25) is 0 Å². The van der Waals surface area contributed by atoms with Gasteiger partial charge in [0.1, 0.15) is 0 Å². The highest BCUT2D eigenvalue weighted by Gasteiger charge is 2.37. The molecule has 2 nitrogen and oxygen atoms in total. The molecule has 0 radical (unpaired) electrons. The van der Waals surface area contributed by atoms with Gasteiger partial charge in [-0.05, 0) is 77.8 Å². The van der Waals surface area contributed by atoms with Crippen LogP contribution in [0.1, 0.15) is 76.6 Å². The number of aryl methyl sites for hydroxylation is 1. The van der Waals surface area contributed by atoms with Gasteiger partial charge in [-0.1, -0.05) is 58.1 Å². The van der Waals surface area contributed by atoms with Crippen molar-refractivity contribution in [2.75, 3.05) is 0 Å². The second-order valence-electron chi connectivity index (χ2n) is 8.92. The zero-order valence-corrected chi connectivity index (χ0v) is 17.2. The Bertz CT molecular complexity index is 802. The lowest BCUT2D eigenvalue weighted by atomic mass is 9.62. The van der Waals surface area contributed by atoms with Crippen molar-refractivity contribution in [3.8, 4) is 0 Å². The molecular formula is C24H32O2. The topological polar surface area (TPSA) is 37.3 Å². The largest absolute Gasteiger partial charge is 0.478 e. The van der Waals surface area contributed by atoms with Crippen LogP contribution in [0.2, 0.25) is 0 Å². The van der Waals surface area contributed by atoms with E-state index in [1.165, 1.54) is 46.7 Å². The van der Waals surface area contributed by atoms with Crippen LogP contribution in [0.5, 0.6) is 0 Å². The maximum absolute atomic E-state index is 10.7. The number of allylic oxidation sites excluding steroid dienone is 5. The van der Waals surface area contributed by atoms with E-state index in [4.69, 9.17) is 5.11 Å². The summed E-state index contributed by atoms with van der Waals surface area (Å²) in [4.78, 5) is 10.7. The first-order chi connectivity index (χ1) is 11.9. The smallest absolute Gasteiger partial charge is 0.328 e. The lowest BCUT2D eigenvalue weighted by Gasteiger charge is -2.42. The first-order valence-corrected chi connectivity index (χ1v) is 9.36. The van der Waals surface area contributed by atoms with Gasteiger partial charge in [-0.25, -0.2) is 4.79 Å². The molecule has 26 heavy (non-hydrogen) atoms. The van der Waals surface area contributed by atoms with Crippen LogP contribution in [0.15, 0.2) is 42.0 Å². The van der Waals surface area contributed by atoms with Crippen molar-refractivity contribution < 1.29 is 9.90 Å². The van der Waals surface area contributed by atoms with E-state index >= 15 is 0 Å². The molecule has 0 saturated carbocycles. The predicted octanol–water partition coefficient (Wildman–Crippen LogP) is 6.33. The van der Waals surface area contributed by atoms with E-state index < -0.39 is 5.97 Å². The molecule has 0 amide bonds. The van der Waals surface area contributed by atoms with Crippen molar-refractivity contribution in [1.82, 2.24) is 0 Å². The summed E-state index contributed by atoms with van der Waals surface area (Å²) in [6.07, 6.45) is 9.47. The zero-order chi connectivity index (χ0) is 19.7. The summed E-state index contributed by atoms with van der Waals surface area (Å²) < 4.78 is 0. The first-order valence-electron chi connectivity index (χ1n) is 9.36. The number of fused-ring (bicyclic) bond motifs is 1. The highest BCUT2D eigenvalue weighted by atomic mass is 16.4. The number of hydrogen-bond acceptors (Lipinski definition) is 1. The van der Waals surface area contributed by atoms with E-state index in [-0.39, 0.29) is 10.8 Å². The summed E-state index contributed by atoms with van der Waals surface area (Å²) in [5.41, 5.74) is 7.88. The minimum absolute atomic E-state index is 0.199. The lowest BCUT2D eigenvalue weighted by molar-refractivity contribution is -0.131. The van der Waals surface area contributed by atoms with Crippen LogP contribution in [-0.2, 0) is 15.6 Å². The van der Waals surface area contributed by atoms with Crippen LogP contribution in [0.3, 0.4) is 0 Å². The fourth-order valence-corrected chi connectivity index (χ4v) is 3.82. The van der Waals surface area contributed by atoms with E-state index in [2.05, 4.69) is 59.8 Å². The van der Waals surface area contributed by atoms with Crippen LogP contribution < -0.4 is 0 Å². The SMILES string of the molecule is CC(=CC=C/C(C)=C\C(=O)O)c1cc2c(cc1C)C(C)(C)CCC2(C)C. The molecule has 0 fully saturated rings. The number of aliphatic carboxylic acids is 1. The maximum Gasteiger partial charge on any atom is 0.328 e. The van der Waals surface area contributed by atoms with Gasteiger partial charge in [-0.15, -0.1) is 0 Å². The number of carboxylic acid groups (broad SMARTS) is 1. The van der Waals surface area contributed by atoms with Gasteiger partial charge in [-0.2, -0.15) is 0 Å². The minimum Gasteiger partial charge on any atom is -0.478 e. The Morgan fingerprint density at radius 3 is 2.12 bits per heavy atom. The number of rotatable bonds is 4. The Hall–Kier alpha value is -2.09. The highest BCUT2D eigenvalue weighted by Crippen LogP contribution is 2.47. The molecule has 0 spiro atoms. The third-order valence-corrected chi connectivity index (χ3v) is 5.68. The molecule has 2 rings (SSSR count). The molecule has 1 aliphatic carbocycles. The van der Waals surface area contributed by atoms with Gasteiger partial charge in [0, 0.05) is 6.08 Å². The van der Waals surface area contributed by atoms with Crippen molar-refractivity contribution in [3.05, 3.63) is 64.3 Å². The number of benzene rings is 1. The molecule has 0 saturated heterocycles. The average Bonchev–Trinajstić information content (AvgIpc) is 2.50. The molecule has 2 heteroatoms. The average molecular weight is 353 g/mol. The number of carboxylic acids is 1. The molecule has 0 aliphatic heterocycles. The molecule has 1 N–H and O–H groups in total. The van der Waals surface area contributed by atoms with E-state index in [9.17, 15) is 4.79 Å². The molecular weight excluding hydrogens is 320 g/mol. The van der Waals surface area contributed by atoms with Crippen molar-refractivity contribution in [1.29, 1.82) is 0 Å². The second-order valence-corrected chi connectivity index (χ2v) is 8.92. The van der Waals surface area contributed by atoms with Crippen molar-refractivity contribution in [2.45, 2.75) is 72.1 Å². The minimum atomic E-state index is -0.914. The van der Waals surface area contributed by atoms with Crippen molar-refractivity contribution in [3.63, 3.8) is 0 Å². The molecule has 0 aromatic heterocycles. The van der Waals surface area contributed by atoms with E-state index in [0.29, 0.717) is 0 Å². The molecule has 140 valence electrons. The van der Waals surface area contributed by atoms with Gasteiger partial charge in [0.25, 0.3) is 0 Å². The number of hydrogen-bond donors (Lipinski definition) is 1. The summed E-state index contributed by atoms with van der Waals surface area (Å²) in [5, 5.41) is 8.79. The van der Waals surface area contributed by atoms with Crippen molar-refractivity contribution >= 4 is 11.5 Å². The van der Waals surface area contributed by atoms with Crippen LogP contribution in [-0.4, -0.2) is 11.1 Å². The zero-order valence-electron chi connectivity index (χ0n) is 17.2. The van der Waals surface area contributed by atoms with E-state index in [0.717, 1.165) is 5.57 Å². The predicted molar refractivity (Wildman–Crippen MR) is 111 cm³/mol. The molecule has 0 bridgehead atoms. The third kappa shape index (κ3) is 4.35. The van der Waals surface area contributed by atoms with E-state index in [1.54, 1.807) is 6.92 Å². The Labute approximate surface area is 158 Å². The summed E-state index contributed by atoms with van der Waals surface area (Å²) in [6.45, 7) is 15.5. The third-order valence-electron chi connectivity index (χ3n) is 5.68. The molecule has 1 aliphatic rings. The quantitative estimate of drug-likeness (QED) is 0.507. The van der Waals surface area contributed by atoms with Crippen LogP contribution in [0, 0.1) is 6.92 Å². The Kier molecular flexibility index (Phi) is 5.65. The summed E-state index contributed by atoms with van der Waals surface area (Å²) in [5.74, 6) is -0.914. The van der Waals surface area contributed by atoms with Gasteiger partial charge < -0.3 is 5.11 Å². The Balaban J connectivity index is 2.44. The second kappa shape index (κ2) is 7.26. The van der Waals surface area contributed by atoms with Crippen LogP contribution in [0.4, 0.5) is 0 Å². The fourth-order valence-electron chi connectivity index (χ4n) is 3.82. The van der Waals surface area contributed by atoms with Crippen LogP contribution in [0.25, 0.3) is 5.57 Å². The number of carbonyl (C=O) groups is 1.